The molecule has 3 atom stereocenters. The molecule has 1 aliphatic heterocycles. The zero-order chi connectivity index (χ0) is 19.0. The first kappa shape index (κ1) is 18.0. The van der Waals surface area contributed by atoms with Crippen molar-refractivity contribution in [3.05, 3.63) is 65.2 Å². The van der Waals surface area contributed by atoms with Crippen LogP contribution in [0.5, 0.6) is 0 Å². The molecule has 0 spiro atoms. The second-order valence-electron chi connectivity index (χ2n) is 7.78. The first-order valence-electron chi connectivity index (χ1n) is 10.2. The molecule has 1 saturated carbocycles. The quantitative estimate of drug-likeness (QED) is 0.728. The maximum absolute atomic E-state index is 13.4. The highest BCUT2D eigenvalue weighted by Crippen LogP contribution is 2.46. The number of amides is 2. The summed E-state index contributed by atoms with van der Waals surface area (Å²) in [5, 5.41) is 0. The average Bonchev–Trinajstić information content (AvgIpc) is 2.97. The average molecular weight is 361 g/mol. The minimum atomic E-state index is -0.175. The van der Waals surface area contributed by atoms with E-state index in [4.69, 9.17) is 0 Å². The van der Waals surface area contributed by atoms with E-state index in [0.29, 0.717) is 5.92 Å². The predicted octanol–water partition coefficient (Wildman–Crippen LogP) is 4.88. The standard InChI is InChI=1S/C24H27NO2/c1-3-16-11-8-12-17(4-2)22(16)25-23(26)20-14-13-19(15-21(20)24(25)27)18-9-6-5-7-10-18/h5-12,19-21H,3-4,13-15H2,1-2H3/t19-,20+,21+/m0/s1. The molecule has 2 amide bonds. The Bertz CT molecular complexity index is 836. The fourth-order valence-electron chi connectivity index (χ4n) is 4.93. The predicted molar refractivity (Wildman–Crippen MR) is 108 cm³/mol. The fraction of sp³-hybridized carbons (Fsp3) is 0.417. The maximum Gasteiger partial charge on any atom is 0.237 e. The summed E-state index contributed by atoms with van der Waals surface area (Å²) < 4.78 is 0. The van der Waals surface area contributed by atoms with Crippen molar-refractivity contribution in [2.45, 2.75) is 51.9 Å². The van der Waals surface area contributed by atoms with Crippen molar-refractivity contribution in [2.24, 2.45) is 11.8 Å². The summed E-state index contributed by atoms with van der Waals surface area (Å²) in [7, 11) is 0. The van der Waals surface area contributed by atoms with E-state index in [1.807, 2.05) is 24.3 Å². The second kappa shape index (κ2) is 7.30. The topological polar surface area (TPSA) is 37.4 Å². The van der Waals surface area contributed by atoms with Crippen molar-refractivity contribution in [1.29, 1.82) is 0 Å². The van der Waals surface area contributed by atoms with Crippen LogP contribution >= 0.6 is 0 Å². The number of hydrogen-bond donors (Lipinski definition) is 0. The third-order valence-corrected chi connectivity index (χ3v) is 6.38. The van der Waals surface area contributed by atoms with Crippen LogP contribution in [0.15, 0.2) is 48.5 Å². The molecule has 0 N–H and O–H groups in total. The van der Waals surface area contributed by atoms with Gasteiger partial charge in [0.15, 0.2) is 0 Å². The summed E-state index contributed by atoms with van der Waals surface area (Å²) in [6, 6.07) is 16.5. The highest BCUT2D eigenvalue weighted by atomic mass is 16.2. The number of benzene rings is 2. The molecule has 0 unspecified atom stereocenters. The molecule has 2 aromatic rings. The van der Waals surface area contributed by atoms with Gasteiger partial charge in [0.25, 0.3) is 0 Å². The molecule has 1 saturated heterocycles. The Hall–Kier alpha value is -2.42. The van der Waals surface area contributed by atoms with Crippen LogP contribution in [-0.2, 0) is 22.4 Å². The van der Waals surface area contributed by atoms with Gasteiger partial charge in [-0.3, -0.25) is 9.59 Å². The number of carbonyl (C=O) groups is 2. The van der Waals surface area contributed by atoms with Gasteiger partial charge < -0.3 is 0 Å². The van der Waals surface area contributed by atoms with Crippen LogP contribution < -0.4 is 4.90 Å². The number of carbonyl (C=O) groups excluding carboxylic acids is 2. The molecule has 1 aliphatic carbocycles. The number of fused-ring (bicyclic) bond motifs is 1. The lowest BCUT2D eigenvalue weighted by Crippen LogP contribution is -2.32. The molecule has 0 radical (unpaired) electrons. The van der Waals surface area contributed by atoms with E-state index >= 15 is 0 Å². The summed E-state index contributed by atoms with van der Waals surface area (Å²) in [5.74, 6) is 0.0858. The van der Waals surface area contributed by atoms with Gasteiger partial charge in [-0.1, -0.05) is 62.4 Å². The van der Waals surface area contributed by atoms with Gasteiger partial charge in [-0.15, -0.1) is 0 Å². The number of anilines is 1. The highest BCUT2D eigenvalue weighted by Gasteiger charge is 2.51. The Balaban J connectivity index is 1.68. The third-order valence-electron chi connectivity index (χ3n) is 6.38. The Labute approximate surface area is 161 Å². The lowest BCUT2D eigenvalue weighted by Gasteiger charge is -2.28. The molecule has 3 nitrogen and oxygen atoms in total. The normalized spacial score (nSPS) is 25.0. The Kier molecular flexibility index (Phi) is 4.86. The zero-order valence-corrected chi connectivity index (χ0v) is 16.2. The maximum atomic E-state index is 13.4. The van der Waals surface area contributed by atoms with Crippen molar-refractivity contribution >= 4 is 17.5 Å². The molecule has 4 rings (SSSR count). The Morgan fingerprint density at radius 3 is 2.07 bits per heavy atom. The van der Waals surface area contributed by atoms with Crippen LogP contribution in [0.3, 0.4) is 0 Å². The van der Waals surface area contributed by atoms with Crippen molar-refractivity contribution in [3.8, 4) is 0 Å². The summed E-state index contributed by atoms with van der Waals surface area (Å²) in [6.45, 7) is 4.17. The molecule has 0 aromatic heterocycles. The van der Waals surface area contributed by atoms with Crippen LogP contribution in [-0.4, -0.2) is 11.8 Å². The fourth-order valence-corrected chi connectivity index (χ4v) is 4.93. The first-order chi connectivity index (χ1) is 13.2. The van der Waals surface area contributed by atoms with Crippen molar-refractivity contribution in [1.82, 2.24) is 0 Å². The van der Waals surface area contributed by atoms with Gasteiger partial charge in [-0.25, -0.2) is 4.90 Å². The summed E-state index contributed by atoms with van der Waals surface area (Å²) in [6.07, 6.45) is 4.21. The number of hydrogen-bond acceptors (Lipinski definition) is 2. The Morgan fingerprint density at radius 1 is 0.815 bits per heavy atom. The molecule has 27 heavy (non-hydrogen) atoms. The van der Waals surface area contributed by atoms with E-state index < -0.39 is 0 Å². The van der Waals surface area contributed by atoms with Crippen LogP contribution in [0, 0.1) is 11.8 Å². The van der Waals surface area contributed by atoms with Crippen LogP contribution in [0.25, 0.3) is 0 Å². The van der Waals surface area contributed by atoms with Gasteiger partial charge in [0, 0.05) is 0 Å². The summed E-state index contributed by atoms with van der Waals surface area (Å²) >= 11 is 0. The number of nitrogens with zero attached hydrogens (tertiary/aromatic N) is 1. The first-order valence-corrected chi connectivity index (χ1v) is 10.2. The minimum Gasteiger partial charge on any atom is -0.274 e. The zero-order valence-electron chi connectivity index (χ0n) is 16.2. The van der Waals surface area contributed by atoms with Gasteiger partial charge in [-0.2, -0.15) is 0 Å². The lowest BCUT2D eigenvalue weighted by atomic mass is 9.73. The third kappa shape index (κ3) is 2.99. The molecule has 2 fully saturated rings. The van der Waals surface area contributed by atoms with Crippen LogP contribution in [0.2, 0.25) is 0 Å². The van der Waals surface area contributed by atoms with Crippen molar-refractivity contribution in [3.63, 3.8) is 0 Å². The van der Waals surface area contributed by atoms with Gasteiger partial charge in [-0.05, 0) is 54.7 Å². The van der Waals surface area contributed by atoms with Gasteiger partial charge in [0.1, 0.15) is 0 Å². The van der Waals surface area contributed by atoms with E-state index in [9.17, 15) is 9.59 Å². The van der Waals surface area contributed by atoms with Crippen LogP contribution in [0.1, 0.15) is 55.7 Å². The monoisotopic (exact) mass is 361 g/mol. The van der Waals surface area contributed by atoms with E-state index in [1.165, 1.54) is 5.56 Å². The van der Waals surface area contributed by atoms with Crippen LogP contribution in [0.4, 0.5) is 5.69 Å². The molecule has 1 heterocycles. The number of imide groups is 1. The molecule has 3 heteroatoms. The van der Waals surface area contributed by atoms with E-state index in [0.717, 1.165) is 48.9 Å². The van der Waals surface area contributed by atoms with Crippen molar-refractivity contribution in [2.75, 3.05) is 4.90 Å². The van der Waals surface area contributed by atoms with Crippen molar-refractivity contribution < 1.29 is 9.59 Å². The largest absolute Gasteiger partial charge is 0.274 e. The lowest BCUT2D eigenvalue weighted by molar-refractivity contribution is -0.122. The number of rotatable bonds is 4. The highest BCUT2D eigenvalue weighted by molar-refractivity contribution is 6.22. The number of para-hydroxylation sites is 1. The molecule has 0 bridgehead atoms. The minimum absolute atomic E-state index is 0.0150. The SMILES string of the molecule is CCc1cccc(CC)c1N1C(=O)[C@@H]2CC[C@H](c3ccccc3)C[C@H]2C1=O. The van der Waals surface area contributed by atoms with E-state index in [-0.39, 0.29) is 23.7 Å². The summed E-state index contributed by atoms with van der Waals surface area (Å²) in [4.78, 5) is 28.1. The Morgan fingerprint density at radius 2 is 1.44 bits per heavy atom. The van der Waals surface area contributed by atoms with E-state index in [1.54, 1.807) is 4.90 Å². The van der Waals surface area contributed by atoms with Gasteiger partial charge in [0.2, 0.25) is 11.8 Å². The molecule has 140 valence electrons. The second-order valence-corrected chi connectivity index (χ2v) is 7.78. The molecule has 2 aliphatic rings. The van der Waals surface area contributed by atoms with Gasteiger partial charge >= 0.3 is 0 Å². The van der Waals surface area contributed by atoms with E-state index in [2.05, 4.69) is 38.1 Å². The molecule has 2 aromatic carbocycles. The smallest absolute Gasteiger partial charge is 0.237 e. The molecular weight excluding hydrogens is 334 g/mol. The molecular formula is C24H27NO2. The summed E-state index contributed by atoms with van der Waals surface area (Å²) in [5.41, 5.74) is 4.34. The number of aryl methyl sites for hydroxylation is 2. The van der Waals surface area contributed by atoms with Gasteiger partial charge in [0.05, 0.1) is 17.5 Å².